The first-order valence-corrected chi connectivity index (χ1v) is 31.5. The molecule has 28 nitrogen and oxygen atoms in total. The quantitative estimate of drug-likeness (QED) is 0.0242. The summed E-state index contributed by atoms with van der Waals surface area (Å²) in [5, 5.41) is 48.3. The van der Waals surface area contributed by atoms with Gasteiger partial charge in [-0.1, -0.05) is 36.2 Å². The molecule has 2 unspecified atom stereocenters. The summed E-state index contributed by atoms with van der Waals surface area (Å²) in [7, 11) is -3.48. The molecule has 4 aromatic heterocycles. The van der Waals surface area contributed by atoms with Gasteiger partial charge in [0.1, 0.15) is 75.6 Å². The van der Waals surface area contributed by atoms with Crippen LogP contribution in [0, 0.1) is 34.1 Å². The molecule has 0 radical (unpaired) electrons. The highest BCUT2D eigenvalue weighted by atomic mass is 35.5. The van der Waals surface area contributed by atoms with Crippen LogP contribution in [-0.4, -0.2) is 141 Å². The average Bonchev–Trinajstić information content (AvgIpc) is 1.60. The van der Waals surface area contributed by atoms with E-state index < -0.39 is 31.6 Å². The minimum Gasteiger partial charge on any atom is -0.491 e. The fourth-order valence-corrected chi connectivity index (χ4v) is 11.6. The van der Waals surface area contributed by atoms with Crippen molar-refractivity contribution < 1.29 is 42.7 Å². The summed E-state index contributed by atoms with van der Waals surface area (Å²) in [6, 6.07) is 33.8. The molecule has 6 N–H and O–H groups in total. The summed E-state index contributed by atoms with van der Waals surface area (Å²) in [4.78, 5) is 49.4. The Balaban J connectivity index is 0.000000203. The summed E-state index contributed by atoms with van der Waals surface area (Å²) in [5.74, 6) is 0.436. The Hall–Kier alpha value is -8.94. The molecule has 0 amide bonds. The maximum absolute atomic E-state index is 12.8. The van der Waals surface area contributed by atoms with Gasteiger partial charge in [-0.2, -0.15) is 10.2 Å². The van der Waals surface area contributed by atoms with E-state index in [2.05, 4.69) is 59.2 Å². The van der Waals surface area contributed by atoms with E-state index in [0.717, 1.165) is 61.6 Å². The molecule has 92 heavy (non-hydrogen) atoms. The van der Waals surface area contributed by atoms with Gasteiger partial charge >= 0.3 is 17.3 Å². The molecule has 2 aliphatic heterocycles. The van der Waals surface area contributed by atoms with Gasteiger partial charge in [-0.25, -0.2) is 51.2 Å². The number of nitro groups is 2. The van der Waals surface area contributed by atoms with Gasteiger partial charge in [0.2, 0.25) is 15.6 Å². The smallest absolute Gasteiger partial charge is 0.350 e. The number of alkyl halides is 1. The second kappa shape index (κ2) is 31.4. The number of aromatic nitrogens is 10. The molecule has 11 rings (SSSR count). The van der Waals surface area contributed by atoms with E-state index in [9.17, 15) is 38.5 Å². The molecule has 2 saturated heterocycles. The van der Waals surface area contributed by atoms with Crippen molar-refractivity contribution in [2.24, 2.45) is 0 Å². The average molecular weight is 1340 g/mol. The first-order chi connectivity index (χ1) is 44.0. The lowest BCUT2D eigenvalue weighted by Gasteiger charge is -2.37. The number of aryl methyl sites for hydroxylation is 2. The molecular formula is C60H69Cl3N16O12S. The van der Waals surface area contributed by atoms with Gasteiger partial charge in [0.25, 0.3) is 0 Å². The van der Waals surface area contributed by atoms with Crippen molar-refractivity contribution in [1.29, 1.82) is 0 Å². The number of nitrogens with two attached hydrogens (primary N) is 2. The summed E-state index contributed by atoms with van der Waals surface area (Å²) in [5.41, 5.74) is 15.7. The monoisotopic (exact) mass is 1340 g/mol. The van der Waals surface area contributed by atoms with Crippen LogP contribution in [-0.2, 0) is 44.7 Å². The molecule has 9 aromatic rings. The summed E-state index contributed by atoms with van der Waals surface area (Å²) >= 11 is 18.1. The van der Waals surface area contributed by atoms with Crippen molar-refractivity contribution in [3.8, 4) is 11.4 Å². The molecule has 32 heteroatoms. The number of aliphatic hydroxyl groups excluding tert-OH is 2. The van der Waals surface area contributed by atoms with Crippen molar-refractivity contribution in [2.45, 2.75) is 87.6 Å². The minimum absolute atomic E-state index is 0.0365. The Kier molecular flexibility index (Phi) is 23.5. The van der Waals surface area contributed by atoms with Gasteiger partial charge in [0.15, 0.2) is 11.6 Å². The lowest BCUT2D eigenvalue weighted by Crippen LogP contribution is -2.46. The standard InChI is InChI=1S/C35H38Cl2N8O4.C12H12N2O2S.C7H10ClN3O3.C6H9N3O3/c1-3-25(2)45-34(46)44(24-40-45)29-7-5-27(6-8-29)41-14-16-42(17-15-41)28-9-11-30(12-10-28)47-19-31-20-48-35(49-31,21-43-23-38-22-39-43)32-13-4-26(36)18-33(32)37;13-9-1-5-11(6-2-9)17(15,16)12-7-3-10(14)4-8-12;1-5-9-3-7(11(13)14)10(5)4-6(12)2-8;1-5-7-4-6(9(11)12)8(5)2-3-10/h4-13,18,22-25,31H,3,14-17,19-21H2,1-2H3;1-8H,13-14H2;3,6,12H,2,4H2,1H3;4,10H,2-3H2,1H3/t25?,31-,35-;;;/m0.../s1. The Labute approximate surface area is 543 Å². The number of piperazine rings is 1. The first-order valence-electron chi connectivity index (χ1n) is 28.8. The normalized spacial score (nSPS) is 16.1. The zero-order chi connectivity index (χ0) is 66.3. The molecule has 4 atom stereocenters. The van der Waals surface area contributed by atoms with Gasteiger partial charge in [0, 0.05) is 73.4 Å². The Bertz CT molecular complexity index is 4000. The largest absolute Gasteiger partial charge is 0.491 e. The molecule has 488 valence electrons. The number of hydrogen-bond donors (Lipinski definition) is 4. The number of imidazole rings is 2. The lowest BCUT2D eigenvalue weighted by molar-refractivity contribution is -0.392. The van der Waals surface area contributed by atoms with Crippen LogP contribution in [0.25, 0.3) is 5.69 Å². The third-order valence-corrected chi connectivity index (χ3v) is 17.6. The van der Waals surface area contributed by atoms with E-state index in [1.165, 1.54) is 50.6 Å². The summed E-state index contributed by atoms with van der Waals surface area (Å²) in [6.07, 6.45) is 6.73. The van der Waals surface area contributed by atoms with Crippen LogP contribution in [0.1, 0.15) is 43.5 Å². The number of halogens is 3. The lowest BCUT2D eigenvalue weighted by atomic mass is 10.1. The topological polar surface area (TPSA) is 353 Å². The number of rotatable bonds is 20. The minimum atomic E-state index is -3.48. The highest BCUT2D eigenvalue weighted by molar-refractivity contribution is 7.91. The van der Waals surface area contributed by atoms with Crippen LogP contribution in [0.4, 0.5) is 34.4 Å². The zero-order valence-corrected chi connectivity index (χ0v) is 53.6. The fraction of sp³-hybridized carbons (Fsp3) is 0.333. The first kappa shape index (κ1) is 69.0. The van der Waals surface area contributed by atoms with Gasteiger partial charge in [-0.15, -0.1) is 11.6 Å². The maximum Gasteiger partial charge on any atom is 0.350 e. The van der Waals surface area contributed by atoms with Crippen LogP contribution in [0.3, 0.4) is 0 Å². The van der Waals surface area contributed by atoms with Crippen molar-refractivity contribution in [3.05, 3.63) is 205 Å². The van der Waals surface area contributed by atoms with Crippen LogP contribution in [0.2, 0.25) is 10.0 Å². The Morgan fingerprint density at radius 2 is 1.33 bits per heavy atom. The number of hydrogen-bond acceptors (Lipinski definition) is 21. The predicted molar refractivity (Wildman–Crippen MR) is 346 cm³/mol. The second-order valence-electron chi connectivity index (χ2n) is 21.1. The van der Waals surface area contributed by atoms with Crippen molar-refractivity contribution in [3.63, 3.8) is 0 Å². The number of sulfone groups is 1. The van der Waals surface area contributed by atoms with Crippen molar-refractivity contribution in [2.75, 3.05) is 73.1 Å². The molecule has 0 spiro atoms. The maximum atomic E-state index is 12.8. The fourth-order valence-electron chi connectivity index (χ4n) is 9.74. The number of aliphatic hydroxyl groups is 2. The van der Waals surface area contributed by atoms with E-state index in [-0.39, 0.29) is 71.4 Å². The third-order valence-electron chi connectivity index (χ3n) is 14.9. The molecular weight excluding hydrogens is 1280 g/mol. The number of ether oxygens (including phenoxy) is 3. The van der Waals surface area contributed by atoms with Gasteiger partial charge < -0.3 is 65.9 Å². The van der Waals surface area contributed by atoms with Crippen LogP contribution in [0.5, 0.6) is 5.75 Å². The van der Waals surface area contributed by atoms with Gasteiger partial charge in [0.05, 0.1) is 45.6 Å². The van der Waals surface area contributed by atoms with Crippen molar-refractivity contribution >= 4 is 79.0 Å². The molecule has 2 aliphatic rings. The van der Waals surface area contributed by atoms with E-state index in [1.807, 2.05) is 44.2 Å². The molecule has 0 bridgehead atoms. The highest BCUT2D eigenvalue weighted by Gasteiger charge is 2.46. The highest BCUT2D eigenvalue weighted by Crippen LogP contribution is 2.41. The van der Waals surface area contributed by atoms with Crippen LogP contribution >= 0.6 is 34.8 Å². The molecule has 0 aliphatic carbocycles. The molecule has 5 aromatic carbocycles. The Morgan fingerprint density at radius 1 is 0.783 bits per heavy atom. The van der Waals surface area contributed by atoms with Crippen LogP contribution < -0.4 is 31.7 Å². The zero-order valence-electron chi connectivity index (χ0n) is 50.5. The molecule has 2 fully saturated rings. The molecule has 6 heterocycles. The van der Waals surface area contributed by atoms with E-state index in [1.54, 1.807) is 72.1 Å². The summed E-state index contributed by atoms with van der Waals surface area (Å²) in [6.45, 7) is 11.9. The number of nitrogen functional groups attached to an aromatic ring is 2. The second-order valence-corrected chi connectivity index (χ2v) is 24.2. The van der Waals surface area contributed by atoms with Crippen molar-refractivity contribution in [1.82, 2.24) is 48.2 Å². The predicted octanol–water partition coefficient (Wildman–Crippen LogP) is 8.05. The SMILES string of the molecule is CCC(C)n1ncn(-c2ccc(N3CCN(c4ccc(OC[C@H]5CO[C@](Cn6cncn6)(c6ccc(Cl)cc6Cl)O5)cc4)CC3)cc2)c1=O.Cc1ncc([N+](=O)[O-])n1CC(O)CCl.Cc1ncc([N+](=O)[O-])n1CCO.Nc1ccc(S(=O)(=O)c2ccc(N)cc2)cc1. The Morgan fingerprint density at radius 3 is 1.84 bits per heavy atom. The van der Waals surface area contributed by atoms with Gasteiger partial charge in [-0.3, -0.25) is 0 Å². The number of nitrogens with zero attached hydrogens (tertiary/aromatic N) is 14. The van der Waals surface area contributed by atoms with E-state index in [4.69, 9.17) is 65.6 Å². The van der Waals surface area contributed by atoms with E-state index >= 15 is 0 Å². The van der Waals surface area contributed by atoms with Gasteiger partial charge in [-0.05, 0) is 132 Å². The number of benzene rings is 5. The summed E-state index contributed by atoms with van der Waals surface area (Å²) < 4.78 is 50.7. The molecule has 0 saturated carbocycles. The van der Waals surface area contributed by atoms with Crippen LogP contribution in [0.15, 0.2) is 161 Å². The number of anilines is 4. The van der Waals surface area contributed by atoms with E-state index in [0.29, 0.717) is 51.8 Å². The third kappa shape index (κ3) is 17.1.